The Morgan fingerprint density at radius 1 is 1.50 bits per heavy atom. The Bertz CT molecular complexity index is 638. The zero-order valence-electron chi connectivity index (χ0n) is 10.7. The predicted octanol–water partition coefficient (Wildman–Crippen LogP) is 1.36. The molecule has 20 heavy (non-hydrogen) atoms. The highest BCUT2D eigenvalue weighted by molar-refractivity contribution is 5.78. The molecule has 9 heteroatoms. The smallest absolute Gasteiger partial charge is 0.435 e. The van der Waals surface area contributed by atoms with Gasteiger partial charge in [-0.05, 0) is 0 Å². The molecule has 2 heterocycles. The van der Waals surface area contributed by atoms with Crippen LogP contribution in [0, 0.1) is 0 Å². The standard InChI is InChI=1S/C11H11F3N4O2/c1-17(6-9(19)20-2)10-7-5-8(11(12,13)14)16-18(7)4-3-15-10/h3-5H,6H2,1-2H3. The van der Waals surface area contributed by atoms with Crippen LogP contribution in [0.25, 0.3) is 5.52 Å². The van der Waals surface area contributed by atoms with Gasteiger partial charge in [0, 0.05) is 25.5 Å². The minimum atomic E-state index is -4.54. The third kappa shape index (κ3) is 2.65. The lowest BCUT2D eigenvalue weighted by Crippen LogP contribution is -2.27. The number of ether oxygens (including phenoxy) is 1. The molecule has 108 valence electrons. The van der Waals surface area contributed by atoms with Crippen molar-refractivity contribution in [2.45, 2.75) is 6.18 Å². The lowest BCUT2D eigenvalue weighted by molar-refractivity contribution is -0.141. The van der Waals surface area contributed by atoms with Crippen molar-refractivity contribution in [2.24, 2.45) is 0 Å². The second-order valence-corrected chi connectivity index (χ2v) is 4.04. The number of fused-ring (bicyclic) bond motifs is 1. The Kier molecular flexibility index (Phi) is 3.51. The lowest BCUT2D eigenvalue weighted by atomic mass is 10.3. The van der Waals surface area contributed by atoms with Gasteiger partial charge in [0.15, 0.2) is 11.5 Å². The van der Waals surface area contributed by atoms with Gasteiger partial charge in [-0.3, -0.25) is 4.79 Å². The van der Waals surface area contributed by atoms with Crippen molar-refractivity contribution >= 4 is 17.3 Å². The van der Waals surface area contributed by atoms with Gasteiger partial charge in [0.25, 0.3) is 0 Å². The number of carbonyl (C=O) groups is 1. The number of hydrogen-bond donors (Lipinski definition) is 0. The minimum absolute atomic E-state index is 0.129. The summed E-state index contributed by atoms with van der Waals surface area (Å²) in [6.07, 6.45) is -1.92. The fraction of sp³-hybridized carbons (Fsp3) is 0.364. The van der Waals surface area contributed by atoms with E-state index in [1.165, 1.54) is 31.5 Å². The van der Waals surface area contributed by atoms with Gasteiger partial charge in [-0.25, -0.2) is 9.50 Å². The van der Waals surface area contributed by atoms with Crippen molar-refractivity contribution in [1.82, 2.24) is 14.6 Å². The number of esters is 1. The van der Waals surface area contributed by atoms with Crippen LogP contribution in [0.2, 0.25) is 0 Å². The van der Waals surface area contributed by atoms with Crippen molar-refractivity contribution in [2.75, 3.05) is 25.6 Å². The van der Waals surface area contributed by atoms with Gasteiger partial charge in [-0.2, -0.15) is 18.3 Å². The van der Waals surface area contributed by atoms with Gasteiger partial charge >= 0.3 is 12.1 Å². The molecule has 0 saturated heterocycles. The van der Waals surface area contributed by atoms with Crippen molar-refractivity contribution in [3.63, 3.8) is 0 Å². The van der Waals surface area contributed by atoms with Crippen molar-refractivity contribution < 1.29 is 22.7 Å². The highest BCUT2D eigenvalue weighted by Crippen LogP contribution is 2.30. The zero-order valence-corrected chi connectivity index (χ0v) is 10.7. The predicted molar refractivity (Wildman–Crippen MR) is 63.3 cm³/mol. The first kappa shape index (κ1) is 14.1. The van der Waals surface area contributed by atoms with Gasteiger partial charge in [0.05, 0.1) is 7.11 Å². The van der Waals surface area contributed by atoms with E-state index in [9.17, 15) is 18.0 Å². The fourth-order valence-corrected chi connectivity index (χ4v) is 1.67. The molecular formula is C11H11F3N4O2. The Labute approximate surface area is 111 Å². The molecule has 0 saturated carbocycles. The molecule has 2 aromatic rings. The average molecular weight is 288 g/mol. The van der Waals surface area contributed by atoms with E-state index in [1.54, 1.807) is 0 Å². The molecule has 0 aromatic carbocycles. The lowest BCUT2D eigenvalue weighted by Gasteiger charge is -2.16. The SMILES string of the molecule is COC(=O)CN(C)c1nccn2nc(C(F)(F)F)cc12. The zero-order chi connectivity index (χ0) is 14.9. The maximum absolute atomic E-state index is 12.6. The van der Waals surface area contributed by atoms with E-state index in [-0.39, 0.29) is 17.9 Å². The first-order chi connectivity index (χ1) is 9.32. The molecule has 0 spiro atoms. The number of hydrogen-bond acceptors (Lipinski definition) is 5. The summed E-state index contributed by atoms with van der Waals surface area (Å²) in [6.45, 7) is -0.129. The van der Waals surface area contributed by atoms with E-state index < -0.39 is 17.8 Å². The summed E-state index contributed by atoms with van der Waals surface area (Å²) in [7, 11) is 2.75. The summed E-state index contributed by atoms with van der Waals surface area (Å²) in [5.74, 6) is -0.312. The largest absolute Gasteiger partial charge is 0.468 e. The molecule has 0 bridgehead atoms. The number of halogens is 3. The summed E-state index contributed by atoms with van der Waals surface area (Å²) in [5, 5.41) is 3.44. The van der Waals surface area contributed by atoms with Crippen LogP contribution in [0.5, 0.6) is 0 Å². The Morgan fingerprint density at radius 3 is 2.80 bits per heavy atom. The number of aromatic nitrogens is 3. The number of nitrogens with zero attached hydrogens (tertiary/aromatic N) is 4. The summed E-state index contributed by atoms with van der Waals surface area (Å²) < 4.78 is 43.5. The van der Waals surface area contributed by atoms with Crippen molar-refractivity contribution in [3.8, 4) is 0 Å². The fourth-order valence-electron chi connectivity index (χ4n) is 1.67. The van der Waals surface area contributed by atoms with Gasteiger partial charge in [-0.1, -0.05) is 0 Å². The second-order valence-electron chi connectivity index (χ2n) is 4.04. The summed E-state index contributed by atoms with van der Waals surface area (Å²) in [6, 6.07) is 0.885. The molecule has 0 atom stereocenters. The Morgan fingerprint density at radius 2 is 2.20 bits per heavy atom. The van der Waals surface area contributed by atoms with Crippen LogP contribution < -0.4 is 4.90 Å². The number of methoxy groups -OCH3 is 1. The van der Waals surface area contributed by atoms with Crippen LogP contribution in [0.3, 0.4) is 0 Å². The normalized spacial score (nSPS) is 11.7. The number of alkyl halides is 3. The second kappa shape index (κ2) is 4.99. The third-order valence-electron chi connectivity index (χ3n) is 2.62. The van der Waals surface area contributed by atoms with Crippen LogP contribution in [0.15, 0.2) is 18.5 Å². The van der Waals surface area contributed by atoms with Crippen LogP contribution in [-0.4, -0.2) is 41.3 Å². The van der Waals surface area contributed by atoms with Crippen LogP contribution >= 0.6 is 0 Å². The van der Waals surface area contributed by atoms with E-state index in [2.05, 4.69) is 14.8 Å². The van der Waals surface area contributed by atoms with Crippen LogP contribution in [0.4, 0.5) is 19.0 Å². The number of rotatable bonds is 3. The molecular weight excluding hydrogens is 277 g/mol. The maximum atomic E-state index is 12.6. The highest BCUT2D eigenvalue weighted by Gasteiger charge is 2.34. The molecule has 0 radical (unpaired) electrons. The van der Waals surface area contributed by atoms with Crippen molar-refractivity contribution in [1.29, 1.82) is 0 Å². The van der Waals surface area contributed by atoms with E-state index in [1.807, 2.05) is 0 Å². The van der Waals surface area contributed by atoms with Crippen LogP contribution in [0.1, 0.15) is 5.69 Å². The molecule has 0 fully saturated rings. The number of carbonyl (C=O) groups excluding carboxylic acids is 1. The Balaban J connectivity index is 2.44. The summed E-state index contributed by atoms with van der Waals surface area (Å²) >= 11 is 0. The first-order valence-electron chi connectivity index (χ1n) is 5.52. The third-order valence-corrected chi connectivity index (χ3v) is 2.62. The molecule has 0 amide bonds. The van der Waals surface area contributed by atoms with E-state index in [4.69, 9.17) is 0 Å². The van der Waals surface area contributed by atoms with E-state index in [0.717, 1.165) is 10.6 Å². The van der Waals surface area contributed by atoms with Gasteiger partial charge in [-0.15, -0.1) is 0 Å². The molecule has 0 N–H and O–H groups in total. The number of likely N-dealkylation sites (N-methyl/N-ethyl adjacent to an activating group) is 1. The average Bonchev–Trinajstić information content (AvgIpc) is 2.81. The highest BCUT2D eigenvalue weighted by atomic mass is 19.4. The number of anilines is 1. The maximum Gasteiger partial charge on any atom is 0.435 e. The van der Waals surface area contributed by atoms with Crippen molar-refractivity contribution in [3.05, 3.63) is 24.2 Å². The molecule has 0 aliphatic carbocycles. The van der Waals surface area contributed by atoms with E-state index in [0.29, 0.717) is 0 Å². The minimum Gasteiger partial charge on any atom is -0.468 e. The molecule has 0 unspecified atom stereocenters. The Hall–Kier alpha value is -2.32. The summed E-state index contributed by atoms with van der Waals surface area (Å²) in [5.41, 5.74) is -0.857. The topological polar surface area (TPSA) is 59.7 Å². The molecule has 2 rings (SSSR count). The van der Waals surface area contributed by atoms with Gasteiger partial charge in [0.1, 0.15) is 12.1 Å². The molecule has 2 aromatic heterocycles. The van der Waals surface area contributed by atoms with Crippen LogP contribution in [-0.2, 0) is 15.7 Å². The van der Waals surface area contributed by atoms with E-state index >= 15 is 0 Å². The molecule has 0 aliphatic heterocycles. The summed E-state index contributed by atoms with van der Waals surface area (Å²) in [4.78, 5) is 16.6. The molecule has 0 aliphatic rings. The van der Waals surface area contributed by atoms with Gasteiger partial charge < -0.3 is 9.64 Å². The monoisotopic (exact) mass is 288 g/mol. The molecule has 6 nitrogen and oxygen atoms in total. The van der Waals surface area contributed by atoms with Gasteiger partial charge in [0.2, 0.25) is 0 Å². The quantitative estimate of drug-likeness (QED) is 0.798. The first-order valence-corrected chi connectivity index (χ1v) is 5.52.